The molecule has 25 heavy (non-hydrogen) atoms. The molecule has 3 aromatic heterocycles. The van der Waals surface area contributed by atoms with Gasteiger partial charge in [0.15, 0.2) is 0 Å². The highest BCUT2D eigenvalue weighted by atomic mass is 16.2. The number of pyridine rings is 2. The van der Waals surface area contributed by atoms with Crippen LogP contribution < -0.4 is 0 Å². The lowest BCUT2D eigenvalue weighted by Gasteiger charge is -2.31. The number of hydrogen-bond donors (Lipinski definition) is 0. The van der Waals surface area contributed by atoms with E-state index in [2.05, 4.69) is 21.1 Å². The van der Waals surface area contributed by atoms with Gasteiger partial charge in [0.05, 0.1) is 16.8 Å². The molecule has 4 rings (SSSR count). The summed E-state index contributed by atoms with van der Waals surface area (Å²) in [6, 6.07) is 6.04. The van der Waals surface area contributed by atoms with E-state index in [0.717, 1.165) is 48.2 Å². The number of aryl methyl sites for hydroxylation is 2. The zero-order valence-electron chi connectivity index (χ0n) is 14.5. The molecule has 0 aromatic carbocycles. The van der Waals surface area contributed by atoms with Crippen molar-refractivity contribution in [1.82, 2.24) is 24.6 Å². The van der Waals surface area contributed by atoms with Crippen LogP contribution in [-0.4, -0.2) is 43.6 Å². The largest absolute Gasteiger partial charge is 0.338 e. The molecule has 0 atom stereocenters. The molecule has 1 aliphatic heterocycles. The summed E-state index contributed by atoms with van der Waals surface area (Å²) in [6.07, 6.45) is 7.37. The van der Waals surface area contributed by atoms with E-state index in [1.54, 1.807) is 10.9 Å². The molecule has 3 aromatic rings. The summed E-state index contributed by atoms with van der Waals surface area (Å²) >= 11 is 0. The fourth-order valence-corrected chi connectivity index (χ4v) is 3.56. The number of likely N-dealkylation sites (tertiary alicyclic amines) is 1. The van der Waals surface area contributed by atoms with Crippen LogP contribution in [0.5, 0.6) is 0 Å². The Morgan fingerprint density at radius 3 is 2.76 bits per heavy atom. The molecular weight excluding hydrogens is 314 g/mol. The SMILES string of the molecule is Cc1nn(C)cc1C(=O)N1CCC(c2cc3ncccc3cn2)CC1. The second-order valence-electron chi connectivity index (χ2n) is 6.67. The van der Waals surface area contributed by atoms with Gasteiger partial charge in [-0.05, 0) is 38.0 Å². The van der Waals surface area contributed by atoms with Gasteiger partial charge in [-0.25, -0.2) is 0 Å². The Morgan fingerprint density at radius 1 is 1.24 bits per heavy atom. The van der Waals surface area contributed by atoms with Crippen LogP contribution >= 0.6 is 0 Å². The average molecular weight is 335 g/mol. The number of carbonyl (C=O) groups excluding carboxylic acids is 1. The Labute approximate surface area is 146 Å². The molecular formula is C19H21N5O. The maximum atomic E-state index is 12.7. The Hall–Kier alpha value is -2.76. The predicted octanol–water partition coefficient (Wildman–Crippen LogP) is 2.69. The normalized spacial score (nSPS) is 15.7. The summed E-state index contributed by atoms with van der Waals surface area (Å²) < 4.78 is 1.70. The van der Waals surface area contributed by atoms with E-state index < -0.39 is 0 Å². The van der Waals surface area contributed by atoms with Crippen LogP contribution in [0.2, 0.25) is 0 Å². The van der Waals surface area contributed by atoms with E-state index >= 15 is 0 Å². The van der Waals surface area contributed by atoms with E-state index in [9.17, 15) is 4.79 Å². The highest BCUT2D eigenvalue weighted by Gasteiger charge is 2.27. The number of aromatic nitrogens is 4. The van der Waals surface area contributed by atoms with Crippen molar-refractivity contribution in [3.8, 4) is 0 Å². The zero-order chi connectivity index (χ0) is 17.4. The number of nitrogens with zero attached hydrogens (tertiary/aromatic N) is 5. The lowest BCUT2D eigenvalue weighted by molar-refractivity contribution is 0.0711. The van der Waals surface area contributed by atoms with Gasteiger partial charge in [0.25, 0.3) is 5.91 Å². The predicted molar refractivity (Wildman–Crippen MR) is 95.4 cm³/mol. The quantitative estimate of drug-likeness (QED) is 0.722. The molecule has 1 saturated heterocycles. The van der Waals surface area contributed by atoms with Crippen LogP contribution in [0.3, 0.4) is 0 Å². The third kappa shape index (κ3) is 2.99. The van der Waals surface area contributed by atoms with Gasteiger partial charge >= 0.3 is 0 Å². The van der Waals surface area contributed by atoms with E-state index in [1.165, 1.54) is 0 Å². The first-order chi connectivity index (χ1) is 12.1. The molecule has 0 N–H and O–H groups in total. The van der Waals surface area contributed by atoms with Crippen LogP contribution in [0.1, 0.15) is 40.5 Å². The van der Waals surface area contributed by atoms with Crippen molar-refractivity contribution in [3.05, 3.63) is 53.7 Å². The van der Waals surface area contributed by atoms with Crippen molar-refractivity contribution >= 4 is 16.8 Å². The smallest absolute Gasteiger partial charge is 0.257 e. The lowest BCUT2D eigenvalue weighted by atomic mass is 9.92. The minimum absolute atomic E-state index is 0.0807. The molecule has 6 nitrogen and oxygen atoms in total. The van der Waals surface area contributed by atoms with E-state index in [0.29, 0.717) is 11.5 Å². The maximum absolute atomic E-state index is 12.7. The van der Waals surface area contributed by atoms with E-state index in [1.807, 2.05) is 43.4 Å². The van der Waals surface area contributed by atoms with Crippen molar-refractivity contribution < 1.29 is 4.79 Å². The minimum atomic E-state index is 0.0807. The van der Waals surface area contributed by atoms with Gasteiger partial charge < -0.3 is 4.90 Å². The number of rotatable bonds is 2. The van der Waals surface area contributed by atoms with Crippen LogP contribution in [0.4, 0.5) is 0 Å². The number of fused-ring (bicyclic) bond motifs is 1. The van der Waals surface area contributed by atoms with Crippen LogP contribution in [0.25, 0.3) is 10.9 Å². The van der Waals surface area contributed by atoms with Crippen LogP contribution in [0.15, 0.2) is 36.8 Å². The summed E-state index contributed by atoms with van der Waals surface area (Å²) in [4.78, 5) is 23.7. The highest BCUT2D eigenvalue weighted by Crippen LogP contribution is 2.29. The van der Waals surface area contributed by atoms with Gasteiger partial charge in [-0.3, -0.25) is 19.4 Å². The first-order valence-electron chi connectivity index (χ1n) is 8.62. The molecule has 0 aliphatic carbocycles. The second kappa shape index (κ2) is 6.27. The van der Waals surface area contributed by atoms with Crippen LogP contribution in [-0.2, 0) is 7.05 Å². The highest BCUT2D eigenvalue weighted by molar-refractivity contribution is 5.95. The summed E-state index contributed by atoms with van der Waals surface area (Å²) in [5, 5.41) is 5.33. The van der Waals surface area contributed by atoms with Gasteiger partial charge in [0, 0.05) is 55.7 Å². The standard InChI is InChI=1S/C19H21N5O/c1-13-16(12-23(2)22-13)19(25)24-8-5-14(6-9-24)17-10-18-15(11-21-17)4-3-7-20-18/h3-4,7,10-12,14H,5-6,8-9H2,1-2H3. The van der Waals surface area contributed by atoms with Crippen molar-refractivity contribution in [3.63, 3.8) is 0 Å². The molecule has 1 amide bonds. The summed E-state index contributed by atoms with van der Waals surface area (Å²) in [6.45, 7) is 3.38. The Kier molecular flexibility index (Phi) is 3.95. The molecule has 1 fully saturated rings. The molecule has 6 heteroatoms. The summed E-state index contributed by atoms with van der Waals surface area (Å²) in [7, 11) is 1.84. The molecule has 4 heterocycles. The lowest BCUT2D eigenvalue weighted by Crippen LogP contribution is -2.38. The molecule has 0 unspecified atom stereocenters. The fourth-order valence-electron chi connectivity index (χ4n) is 3.56. The third-order valence-electron chi connectivity index (χ3n) is 4.95. The van der Waals surface area contributed by atoms with Gasteiger partial charge in [0.2, 0.25) is 0 Å². The Balaban J connectivity index is 1.47. The zero-order valence-corrected chi connectivity index (χ0v) is 14.5. The monoisotopic (exact) mass is 335 g/mol. The van der Waals surface area contributed by atoms with E-state index in [4.69, 9.17) is 0 Å². The number of amides is 1. The Morgan fingerprint density at radius 2 is 2.04 bits per heavy atom. The summed E-state index contributed by atoms with van der Waals surface area (Å²) in [5.74, 6) is 0.461. The molecule has 0 saturated carbocycles. The van der Waals surface area contributed by atoms with Gasteiger partial charge in [-0.15, -0.1) is 0 Å². The van der Waals surface area contributed by atoms with Gasteiger partial charge in [-0.1, -0.05) is 0 Å². The third-order valence-corrected chi connectivity index (χ3v) is 4.95. The molecule has 0 bridgehead atoms. The second-order valence-corrected chi connectivity index (χ2v) is 6.67. The van der Waals surface area contributed by atoms with Crippen molar-refractivity contribution in [1.29, 1.82) is 0 Å². The van der Waals surface area contributed by atoms with Crippen molar-refractivity contribution in [2.24, 2.45) is 7.05 Å². The summed E-state index contributed by atoms with van der Waals surface area (Å²) in [5.41, 5.74) is 3.55. The number of piperidine rings is 1. The molecule has 128 valence electrons. The average Bonchev–Trinajstić information content (AvgIpc) is 2.99. The maximum Gasteiger partial charge on any atom is 0.257 e. The topological polar surface area (TPSA) is 63.9 Å². The van der Waals surface area contributed by atoms with Crippen LogP contribution in [0, 0.1) is 6.92 Å². The molecule has 0 radical (unpaired) electrons. The fraction of sp³-hybridized carbons (Fsp3) is 0.368. The molecule has 0 spiro atoms. The molecule has 1 aliphatic rings. The number of hydrogen-bond acceptors (Lipinski definition) is 4. The van der Waals surface area contributed by atoms with Gasteiger partial charge in [-0.2, -0.15) is 5.10 Å². The Bertz CT molecular complexity index is 924. The first-order valence-corrected chi connectivity index (χ1v) is 8.62. The van der Waals surface area contributed by atoms with Gasteiger partial charge in [0.1, 0.15) is 0 Å². The minimum Gasteiger partial charge on any atom is -0.338 e. The van der Waals surface area contributed by atoms with Crippen molar-refractivity contribution in [2.75, 3.05) is 13.1 Å². The first kappa shape index (κ1) is 15.7. The van der Waals surface area contributed by atoms with Crippen molar-refractivity contribution in [2.45, 2.75) is 25.7 Å². The van der Waals surface area contributed by atoms with E-state index in [-0.39, 0.29) is 5.91 Å². The number of carbonyl (C=O) groups is 1.